The summed E-state index contributed by atoms with van der Waals surface area (Å²) in [7, 11) is 0. The topological polar surface area (TPSA) is 32.7 Å². The number of nitrogens with zero attached hydrogens (tertiary/aromatic N) is 1. The molecule has 3 nitrogen and oxygen atoms in total. The van der Waals surface area contributed by atoms with Gasteiger partial charge in [0, 0.05) is 0 Å². The zero-order chi connectivity index (χ0) is 12.6. The summed E-state index contributed by atoms with van der Waals surface area (Å²) in [5.74, 6) is 0. The van der Waals surface area contributed by atoms with Crippen LogP contribution in [0.15, 0.2) is 60.7 Å². The van der Waals surface area contributed by atoms with E-state index in [1.807, 2.05) is 60.7 Å². The van der Waals surface area contributed by atoms with Crippen LogP contribution in [-0.2, 0) is 17.9 Å². The Morgan fingerprint density at radius 1 is 0.833 bits per heavy atom. The number of rotatable bonds is 6. The maximum atomic E-state index is 9.58. The van der Waals surface area contributed by atoms with Gasteiger partial charge in [0.1, 0.15) is 0 Å². The van der Waals surface area contributed by atoms with E-state index in [4.69, 9.17) is 4.84 Å². The Bertz CT molecular complexity index is 401. The summed E-state index contributed by atoms with van der Waals surface area (Å²) >= 11 is 0. The first-order chi connectivity index (χ1) is 8.84. The van der Waals surface area contributed by atoms with Gasteiger partial charge in [-0.3, -0.25) is 10.0 Å². The standard InChI is InChI=1S/C15H17NO2/c17-16(12-11-14-7-3-1-4-8-14)18-13-15-9-5-2-6-10-15/h1-10,17H,11-13H2. The fraction of sp³-hybridized carbons (Fsp3) is 0.200. The van der Waals surface area contributed by atoms with E-state index in [0.717, 1.165) is 17.2 Å². The fourth-order valence-corrected chi connectivity index (χ4v) is 1.66. The predicted molar refractivity (Wildman–Crippen MR) is 69.9 cm³/mol. The van der Waals surface area contributed by atoms with Gasteiger partial charge in [-0.15, -0.1) is 0 Å². The molecule has 0 saturated carbocycles. The van der Waals surface area contributed by atoms with Crippen molar-refractivity contribution < 1.29 is 10.0 Å². The molecule has 3 heteroatoms. The maximum Gasteiger partial charge on any atom is 0.0962 e. The van der Waals surface area contributed by atoms with Crippen molar-refractivity contribution >= 4 is 0 Å². The van der Waals surface area contributed by atoms with Crippen LogP contribution in [0.5, 0.6) is 0 Å². The second-order valence-corrected chi connectivity index (χ2v) is 4.07. The van der Waals surface area contributed by atoms with Crippen molar-refractivity contribution in [3.8, 4) is 0 Å². The van der Waals surface area contributed by atoms with Gasteiger partial charge >= 0.3 is 0 Å². The summed E-state index contributed by atoms with van der Waals surface area (Å²) in [4.78, 5) is 5.24. The maximum absolute atomic E-state index is 9.58. The third-order valence-electron chi connectivity index (χ3n) is 2.66. The molecule has 2 rings (SSSR count). The predicted octanol–water partition coefficient (Wildman–Crippen LogP) is 3.05. The minimum atomic E-state index is 0.381. The van der Waals surface area contributed by atoms with Gasteiger partial charge in [0.2, 0.25) is 0 Å². The molecule has 0 heterocycles. The van der Waals surface area contributed by atoms with E-state index in [9.17, 15) is 5.21 Å². The van der Waals surface area contributed by atoms with Gasteiger partial charge in [-0.05, 0) is 17.5 Å². The molecule has 1 N–H and O–H groups in total. The monoisotopic (exact) mass is 243 g/mol. The number of hydrogen-bond acceptors (Lipinski definition) is 3. The Kier molecular flexibility index (Phi) is 4.90. The summed E-state index contributed by atoms with van der Waals surface area (Å²) in [6, 6.07) is 19.8. The summed E-state index contributed by atoms with van der Waals surface area (Å²) in [6.45, 7) is 0.836. The van der Waals surface area contributed by atoms with E-state index in [0.29, 0.717) is 13.2 Å². The average Bonchev–Trinajstić information content (AvgIpc) is 2.45. The largest absolute Gasteiger partial charge is 0.290 e. The normalized spacial score (nSPS) is 10.8. The van der Waals surface area contributed by atoms with Crippen LogP contribution in [0.4, 0.5) is 0 Å². The summed E-state index contributed by atoms with van der Waals surface area (Å²) in [5.41, 5.74) is 2.22. The van der Waals surface area contributed by atoms with Crippen LogP contribution < -0.4 is 0 Å². The number of hydrogen-bond donors (Lipinski definition) is 1. The zero-order valence-corrected chi connectivity index (χ0v) is 10.2. The third-order valence-corrected chi connectivity index (χ3v) is 2.66. The second-order valence-electron chi connectivity index (χ2n) is 4.07. The molecule has 18 heavy (non-hydrogen) atoms. The van der Waals surface area contributed by atoms with E-state index in [1.165, 1.54) is 5.56 Å². The molecule has 0 saturated heterocycles. The van der Waals surface area contributed by atoms with E-state index in [-0.39, 0.29) is 0 Å². The van der Waals surface area contributed by atoms with Crippen LogP contribution in [0.2, 0.25) is 0 Å². The van der Waals surface area contributed by atoms with Gasteiger partial charge in [0.25, 0.3) is 0 Å². The molecular weight excluding hydrogens is 226 g/mol. The van der Waals surface area contributed by atoms with E-state index >= 15 is 0 Å². The van der Waals surface area contributed by atoms with Crippen LogP contribution in [0.3, 0.4) is 0 Å². The molecule has 0 spiro atoms. The molecule has 2 aromatic rings. The van der Waals surface area contributed by atoms with E-state index in [1.54, 1.807) is 0 Å². The molecule has 0 radical (unpaired) electrons. The van der Waals surface area contributed by atoms with Crippen molar-refractivity contribution in [1.29, 1.82) is 0 Å². The molecule has 0 aliphatic heterocycles. The molecular formula is C15H17NO2. The van der Waals surface area contributed by atoms with Crippen molar-refractivity contribution in [2.45, 2.75) is 13.0 Å². The first kappa shape index (κ1) is 12.8. The molecule has 0 aliphatic rings. The van der Waals surface area contributed by atoms with Crippen molar-refractivity contribution in [1.82, 2.24) is 5.23 Å². The SMILES string of the molecule is ON(CCc1ccccc1)OCc1ccccc1. The Hall–Kier alpha value is -1.68. The molecule has 0 fully saturated rings. The van der Waals surface area contributed by atoms with Crippen LogP contribution in [0, 0.1) is 0 Å². The van der Waals surface area contributed by atoms with Gasteiger partial charge in [0.05, 0.1) is 13.2 Å². The molecule has 0 atom stereocenters. The second kappa shape index (κ2) is 6.91. The third kappa shape index (κ3) is 4.30. The first-order valence-electron chi connectivity index (χ1n) is 6.02. The lowest BCUT2D eigenvalue weighted by Gasteiger charge is -2.14. The fourth-order valence-electron chi connectivity index (χ4n) is 1.66. The van der Waals surface area contributed by atoms with Crippen LogP contribution >= 0.6 is 0 Å². The highest BCUT2D eigenvalue weighted by Gasteiger charge is 2.02. The van der Waals surface area contributed by atoms with Crippen molar-refractivity contribution in [3.63, 3.8) is 0 Å². The van der Waals surface area contributed by atoms with Crippen molar-refractivity contribution in [2.24, 2.45) is 0 Å². The molecule has 0 amide bonds. The van der Waals surface area contributed by atoms with Gasteiger partial charge < -0.3 is 0 Å². The Morgan fingerprint density at radius 2 is 1.39 bits per heavy atom. The molecule has 0 aromatic heterocycles. The van der Waals surface area contributed by atoms with Gasteiger partial charge in [-0.1, -0.05) is 65.9 Å². The molecule has 0 unspecified atom stereocenters. The van der Waals surface area contributed by atoms with E-state index < -0.39 is 0 Å². The highest BCUT2D eigenvalue weighted by molar-refractivity contribution is 5.15. The Labute approximate surface area is 107 Å². The number of hydroxylamine groups is 2. The highest BCUT2D eigenvalue weighted by atomic mass is 16.9. The van der Waals surface area contributed by atoms with Gasteiger partial charge in [0.15, 0.2) is 0 Å². The number of benzene rings is 2. The molecule has 2 aromatic carbocycles. The zero-order valence-electron chi connectivity index (χ0n) is 10.2. The minimum absolute atomic E-state index is 0.381. The van der Waals surface area contributed by atoms with Gasteiger partial charge in [-0.25, -0.2) is 0 Å². The van der Waals surface area contributed by atoms with Crippen LogP contribution in [-0.4, -0.2) is 17.0 Å². The lowest BCUT2D eigenvalue weighted by Crippen LogP contribution is -2.22. The van der Waals surface area contributed by atoms with Crippen molar-refractivity contribution in [3.05, 3.63) is 71.8 Å². The Balaban J connectivity index is 1.71. The van der Waals surface area contributed by atoms with Crippen molar-refractivity contribution in [2.75, 3.05) is 6.54 Å². The smallest absolute Gasteiger partial charge is 0.0962 e. The molecule has 0 aliphatic carbocycles. The summed E-state index contributed by atoms with van der Waals surface area (Å²) in [5, 5.41) is 10.5. The summed E-state index contributed by atoms with van der Waals surface area (Å²) < 4.78 is 0. The average molecular weight is 243 g/mol. The first-order valence-corrected chi connectivity index (χ1v) is 6.02. The lowest BCUT2D eigenvalue weighted by molar-refractivity contribution is -0.346. The van der Waals surface area contributed by atoms with E-state index in [2.05, 4.69) is 0 Å². The molecule has 94 valence electrons. The molecule has 0 bridgehead atoms. The quantitative estimate of drug-likeness (QED) is 0.791. The summed E-state index contributed by atoms with van der Waals surface area (Å²) in [6.07, 6.45) is 0.756. The van der Waals surface area contributed by atoms with Gasteiger partial charge in [-0.2, -0.15) is 0 Å². The Morgan fingerprint density at radius 3 is 2.00 bits per heavy atom. The van der Waals surface area contributed by atoms with Crippen LogP contribution in [0.25, 0.3) is 0 Å². The lowest BCUT2D eigenvalue weighted by atomic mass is 10.2. The highest BCUT2D eigenvalue weighted by Crippen LogP contribution is 2.04. The minimum Gasteiger partial charge on any atom is -0.290 e. The van der Waals surface area contributed by atoms with Crippen LogP contribution in [0.1, 0.15) is 11.1 Å².